The van der Waals surface area contributed by atoms with Crippen molar-refractivity contribution in [1.82, 2.24) is 9.62 Å². The van der Waals surface area contributed by atoms with E-state index >= 15 is 0 Å². The topological polar surface area (TPSA) is 66.5 Å². The van der Waals surface area contributed by atoms with Gasteiger partial charge < -0.3 is 5.32 Å². The second-order valence-electron chi connectivity index (χ2n) is 6.41. The van der Waals surface area contributed by atoms with Crippen LogP contribution in [0.5, 0.6) is 0 Å². The Labute approximate surface area is 139 Å². The van der Waals surface area contributed by atoms with Crippen LogP contribution in [0.2, 0.25) is 0 Å². The largest absolute Gasteiger partial charge is 0.352 e. The number of hydrogen-bond donors (Lipinski definition) is 1. The lowest BCUT2D eigenvalue weighted by Gasteiger charge is -2.23. The fraction of sp³-hybridized carbons (Fsp3) is 0.588. The van der Waals surface area contributed by atoms with Crippen LogP contribution >= 0.6 is 0 Å². The summed E-state index contributed by atoms with van der Waals surface area (Å²) in [6, 6.07) is 5.82. The molecule has 1 aliphatic carbocycles. The van der Waals surface area contributed by atoms with E-state index in [0.29, 0.717) is 25.1 Å². The van der Waals surface area contributed by atoms with Gasteiger partial charge in [0, 0.05) is 24.7 Å². The zero-order valence-corrected chi connectivity index (χ0v) is 14.9. The minimum atomic E-state index is -3.20. The number of hydrogen-bond acceptors (Lipinski definition) is 3. The Hall–Kier alpha value is -1.40. The summed E-state index contributed by atoms with van der Waals surface area (Å²) in [5, 5.41) is 2.88. The van der Waals surface area contributed by atoms with Crippen LogP contribution in [0.3, 0.4) is 0 Å². The van der Waals surface area contributed by atoms with Crippen molar-refractivity contribution in [3.63, 3.8) is 0 Å². The van der Waals surface area contributed by atoms with Gasteiger partial charge in [0.25, 0.3) is 5.91 Å². The van der Waals surface area contributed by atoms with E-state index in [2.05, 4.69) is 5.32 Å². The number of fused-ring (bicyclic) bond motifs is 1. The fourth-order valence-corrected chi connectivity index (χ4v) is 4.29. The second-order valence-corrected chi connectivity index (χ2v) is 8.35. The number of carbonyl (C=O) groups is 1. The molecule has 0 unspecified atom stereocenters. The smallest absolute Gasteiger partial charge is 0.251 e. The Morgan fingerprint density at radius 2 is 1.96 bits per heavy atom. The van der Waals surface area contributed by atoms with Gasteiger partial charge >= 0.3 is 0 Å². The van der Waals surface area contributed by atoms with Crippen molar-refractivity contribution in [2.75, 3.05) is 19.3 Å². The number of carbonyl (C=O) groups excluding carboxylic acids is 1. The zero-order chi connectivity index (χ0) is 17.0. The fourth-order valence-electron chi connectivity index (χ4n) is 3.06. The van der Waals surface area contributed by atoms with Crippen LogP contribution in [0.1, 0.15) is 48.2 Å². The first-order valence-electron chi connectivity index (χ1n) is 8.16. The normalized spacial score (nSPS) is 14.3. The third-order valence-corrected chi connectivity index (χ3v) is 5.66. The monoisotopic (exact) mass is 338 g/mol. The number of nitrogens with zero attached hydrogens (tertiary/aromatic N) is 1. The Morgan fingerprint density at radius 1 is 1.26 bits per heavy atom. The van der Waals surface area contributed by atoms with Crippen LogP contribution in [0.25, 0.3) is 0 Å². The van der Waals surface area contributed by atoms with Crippen molar-refractivity contribution in [2.24, 2.45) is 0 Å². The third-order valence-electron chi connectivity index (χ3n) is 4.20. The number of nitrogens with one attached hydrogen (secondary N) is 1. The first-order chi connectivity index (χ1) is 10.8. The highest BCUT2D eigenvalue weighted by Gasteiger charge is 2.19. The summed E-state index contributed by atoms with van der Waals surface area (Å²) in [7, 11) is -3.20. The molecule has 23 heavy (non-hydrogen) atoms. The number of sulfonamides is 1. The van der Waals surface area contributed by atoms with Crippen molar-refractivity contribution >= 4 is 15.9 Å². The molecule has 1 amide bonds. The predicted octanol–water partition coefficient (Wildman–Crippen LogP) is 1.97. The predicted molar refractivity (Wildman–Crippen MR) is 92.1 cm³/mol. The van der Waals surface area contributed by atoms with Gasteiger partial charge in [0.05, 0.1) is 6.26 Å². The van der Waals surface area contributed by atoms with Crippen LogP contribution in [0.15, 0.2) is 18.2 Å². The Morgan fingerprint density at radius 3 is 2.61 bits per heavy atom. The summed E-state index contributed by atoms with van der Waals surface area (Å²) >= 11 is 0. The molecule has 128 valence electrons. The SMILES string of the molecule is CC(C)N(CCCNC(=O)c1ccc2c(c1)CCC2)S(C)(=O)=O. The van der Waals surface area contributed by atoms with Gasteiger partial charge in [-0.25, -0.2) is 8.42 Å². The van der Waals surface area contributed by atoms with E-state index in [1.54, 1.807) is 0 Å². The molecule has 0 bridgehead atoms. The molecule has 0 heterocycles. The number of aryl methyl sites for hydroxylation is 2. The lowest BCUT2D eigenvalue weighted by molar-refractivity contribution is 0.0952. The third kappa shape index (κ3) is 4.78. The summed E-state index contributed by atoms with van der Waals surface area (Å²) < 4.78 is 24.8. The first-order valence-corrected chi connectivity index (χ1v) is 10.0. The average molecular weight is 338 g/mol. The van der Waals surface area contributed by atoms with E-state index in [-0.39, 0.29) is 11.9 Å². The molecule has 0 fully saturated rings. The van der Waals surface area contributed by atoms with Gasteiger partial charge in [-0.2, -0.15) is 4.31 Å². The summed E-state index contributed by atoms with van der Waals surface area (Å²) in [5.74, 6) is -0.0878. The van der Waals surface area contributed by atoms with Crippen LogP contribution in [-0.4, -0.2) is 44.0 Å². The van der Waals surface area contributed by atoms with E-state index in [0.717, 1.165) is 19.3 Å². The van der Waals surface area contributed by atoms with Crippen molar-refractivity contribution in [2.45, 2.75) is 45.6 Å². The molecule has 5 nitrogen and oxygen atoms in total. The molecule has 1 aromatic rings. The minimum absolute atomic E-state index is 0.0718. The molecule has 0 atom stereocenters. The highest BCUT2D eigenvalue weighted by molar-refractivity contribution is 7.88. The molecule has 1 N–H and O–H groups in total. The van der Waals surface area contributed by atoms with E-state index in [1.165, 1.54) is 21.7 Å². The average Bonchev–Trinajstić information content (AvgIpc) is 2.92. The van der Waals surface area contributed by atoms with Crippen LogP contribution < -0.4 is 5.32 Å². The maximum atomic E-state index is 12.2. The van der Waals surface area contributed by atoms with E-state index < -0.39 is 10.0 Å². The molecule has 0 saturated heterocycles. The molecular formula is C17H26N2O3S. The van der Waals surface area contributed by atoms with E-state index in [4.69, 9.17) is 0 Å². The van der Waals surface area contributed by atoms with Crippen molar-refractivity contribution in [3.8, 4) is 0 Å². The minimum Gasteiger partial charge on any atom is -0.352 e. The summed E-state index contributed by atoms with van der Waals surface area (Å²) in [4.78, 5) is 12.2. The molecule has 0 spiro atoms. The molecule has 0 radical (unpaired) electrons. The lowest BCUT2D eigenvalue weighted by Crippen LogP contribution is -2.38. The highest BCUT2D eigenvalue weighted by atomic mass is 32.2. The van der Waals surface area contributed by atoms with Gasteiger partial charge in [0.1, 0.15) is 0 Å². The first kappa shape index (κ1) is 17.9. The maximum Gasteiger partial charge on any atom is 0.251 e. The van der Waals surface area contributed by atoms with E-state index in [1.807, 2.05) is 32.0 Å². The molecule has 0 saturated carbocycles. The summed E-state index contributed by atoms with van der Waals surface area (Å²) in [5.41, 5.74) is 3.32. The molecule has 1 aromatic carbocycles. The lowest BCUT2D eigenvalue weighted by atomic mass is 10.1. The Balaban J connectivity index is 1.83. The number of rotatable bonds is 7. The van der Waals surface area contributed by atoms with Crippen LogP contribution in [0.4, 0.5) is 0 Å². The van der Waals surface area contributed by atoms with E-state index in [9.17, 15) is 13.2 Å². The molecular weight excluding hydrogens is 312 g/mol. The van der Waals surface area contributed by atoms with Gasteiger partial charge in [0.15, 0.2) is 0 Å². The highest BCUT2D eigenvalue weighted by Crippen LogP contribution is 2.22. The Bertz CT molecular complexity index is 668. The molecule has 2 rings (SSSR count). The molecule has 1 aliphatic rings. The van der Waals surface area contributed by atoms with Crippen LogP contribution in [-0.2, 0) is 22.9 Å². The van der Waals surface area contributed by atoms with Gasteiger partial charge in [0.2, 0.25) is 10.0 Å². The van der Waals surface area contributed by atoms with Gasteiger partial charge in [-0.3, -0.25) is 4.79 Å². The number of benzene rings is 1. The van der Waals surface area contributed by atoms with Gasteiger partial charge in [-0.05, 0) is 62.8 Å². The van der Waals surface area contributed by atoms with Crippen molar-refractivity contribution in [3.05, 3.63) is 34.9 Å². The van der Waals surface area contributed by atoms with Crippen molar-refractivity contribution < 1.29 is 13.2 Å². The zero-order valence-electron chi connectivity index (χ0n) is 14.1. The molecule has 0 aliphatic heterocycles. The summed E-state index contributed by atoms with van der Waals surface area (Å²) in [6.45, 7) is 4.59. The quantitative estimate of drug-likeness (QED) is 0.773. The molecule has 6 heteroatoms. The summed E-state index contributed by atoms with van der Waals surface area (Å²) in [6.07, 6.45) is 5.14. The molecule has 0 aromatic heterocycles. The van der Waals surface area contributed by atoms with Crippen LogP contribution in [0, 0.1) is 0 Å². The maximum absolute atomic E-state index is 12.2. The van der Waals surface area contributed by atoms with Gasteiger partial charge in [-0.1, -0.05) is 6.07 Å². The van der Waals surface area contributed by atoms with Gasteiger partial charge in [-0.15, -0.1) is 0 Å². The standard InChI is InChI=1S/C17H26N2O3S/c1-13(2)19(23(3,21)22)11-5-10-18-17(20)16-9-8-14-6-4-7-15(14)12-16/h8-9,12-13H,4-7,10-11H2,1-3H3,(H,18,20). The Kier molecular flexibility index (Phi) is 5.81. The van der Waals surface area contributed by atoms with Crippen molar-refractivity contribution in [1.29, 1.82) is 0 Å². The number of amides is 1. The second kappa shape index (κ2) is 7.45.